The van der Waals surface area contributed by atoms with Crippen molar-refractivity contribution in [2.75, 3.05) is 7.11 Å². The SMILES string of the molecule is COc1ccccc1CC(C)NC(C)c1ncn[nH]1. The molecule has 0 bridgehead atoms. The summed E-state index contributed by atoms with van der Waals surface area (Å²) in [5.41, 5.74) is 1.20. The number of hydrogen-bond acceptors (Lipinski definition) is 4. The van der Waals surface area contributed by atoms with E-state index in [0.717, 1.165) is 18.0 Å². The number of benzene rings is 1. The lowest BCUT2D eigenvalue weighted by molar-refractivity contribution is 0.402. The average molecular weight is 260 g/mol. The minimum atomic E-state index is 0.146. The molecule has 0 amide bonds. The van der Waals surface area contributed by atoms with E-state index < -0.39 is 0 Å². The molecule has 19 heavy (non-hydrogen) atoms. The summed E-state index contributed by atoms with van der Waals surface area (Å²) in [6, 6.07) is 8.56. The maximum Gasteiger partial charge on any atom is 0.141 e. The molecule has 0 spiro atoms. The number of nitrogens with zero attached hydrogens (tertiary/aromatic N) is 2. The Hall–Kier alpha value is -1.88. The highest BCUT2D eigenvalue weighted by atomic mass is 16.5. The zero-order valence-corrected chi connectivity index (χ0v) is 11.6. The molecule has 0 aliphatic rings. The van der Waals surface area contributed by atoms with Crippen molar-refractivity contribution >= 4 is 0 Å². The van der Waals surface area contributed by atoms with Crippen molar-refractivity contribution in [2.24, 2.45) is 0 Å². The van der Waals surface area contributed by atoms with Gasteiger partial charge in [-0.15, -0.1) is 0 Å². The summed E-state index contributed by atoms with van der Waals surface area (Å²) in [6.45, 7) is 4.22. The molecule has 2 unspecified atom stereocenters. The summed E-state index contributed by atoms with van der Waals surface area (Å²) in [4.78, 5) is 4.16. The zero-order chi connectivity index (χ0) is 13.7. The van der Waals surface area contributed by atoms with Gasteiger partial charge in [0.05, 0.1) is 13.2 Å². The summed E-state index contributed by atoms with van der Waals surface area (Å²) >= 11 is 0. The van der Waals surface area contributed by atoms with Gasteiger partial charge in [-0.25, -0.2) is 4.98 Å². The number of nitrogens with one attached hydrogen (secondary N) is 2. The van der Waals surface area contributed by atoms with Gasteiger partial charge in [-0.3, -0.25) is 5.10 Å². The lowest BCUT2D eigenvalue weighted by Crippen LogP contribution is -2.31. The van der Waals surface area contributed by atoms with Crippen LogP contribution in [0.3, 0.4) is 0 Å². The Kier molecular flexibility index (Phi) is 4.52. The standard InChI is InChI=1S/C14H20N4O/c1-10(17-11(2)14-15-9-16-18-14)8-12-6-4-5-7-13(12)19-3/h4-7,9-11,17H,8H2,1-3H3,(H,15,16,18). The second-order valence-electron chi connectivity index (χ2n) is 4.68. The molecule has 0 radical (unpaired) electrons. The molecule has 0 saturated heterocycles. The molecular weight excluding hydrogens is 240 g/mol. The summed E-state index contributed by atoms with van der Waals surface area (Å²) in [5.74, 6) is 1.79. The first-order valence-corrected chi connectivity index (χ1v) is 6.44. The highest BCUT2D eigenvalue weighted by molar-refractivity contribution is 5.33. The molecule has 1 heterocycles. The number of rotatable bonds is 6. The average Bonchev–Trinajstić information content (AvgIpc) is 2.93. The molecule has 102 valence electrons. The predicted molar refractivity (Wildman–Crippen MR) is 74.1 cm³/mol. The van der Waals surface area contributed by atoms with E-state index >= 15 is 0 Å². The second-order valence-corrected chi connectivity index (χ2v) is 4.68. The number of aromatic nitrogens is 3. The third-order valence-electron chi connectivity index (χ3n) is 3.10. The summed E-state index contributed by atoms with van der Waals surface area (Å²) < 4.78 is 5.37. The van der Waals surface area contributed by atoms with E-state index in [2.05, 4.69) is 40.4 Å². The van der Waals surface area contributed by atoms with Crippen molar-refractivity contribution < 1.29 is 4.74 Å². The molecular formula is C14H20N4O. The van der Waals surface area contributed by atoms with Crippen LogP contribution in [-0.4, -0.2) is 28.3 Å². The molecule has 2 N–H and O–H groups in total. The lowest BCUT2D eigenvalue weighted by atomic mass is 10.1. The van der Waals surface area contributed by atoms with Crippen molar-refractivity contribution in [3.63, 3.8) is 0 Å². The van der Waals surface area contributed by atoms with Gasteiger partial charge in [-0.05, 0) is 31.9 Å². The van der Waals surface area contributed by atoms with E-state index in [0.29, 0.717) is 6.04 Å². The summed E-state index contributed by atoms with van der Waals surface area (Å²) in [6.07, 6.45) is 2.43. The number of methoxy groups -OCH3 is 1. The number of hydrogen-bond donors (Lipinski definition) is 2. The van der Waals surface area contributed by atoms with Crippen LogP contribution in [0, 0.1) is 0 Å². The maximum atomic E-state index is 5.37. The van der Waals surface area contributed by atoms with Gasteiger partial charge in [-0.1, -0.05) is 18.2 Å². The third kappa shape index (κ3) is 3.54. The number of ether oxygens (including phenoxy) is 1. The minimum absolute atomic E-state index is 0.146. The molecule has 0 aliphatic carbocycles. The normalized spacial score (nSPS) is 14.1. The summed E-state index contributed by atoms with van der Waals surface area (Å²) in [7, 11) is 1.70. The third-order valence-corrected chi connectivity index (χ3v) is 3.10. The van der Waals surface area contributed by atoms with Crippen LogP contribution in [0.25, 0.3) is 0 Å². The van der Waals surface area contributed by atoms with Gasteiger partial charge in [-0.2, -0.15) is 5.10 Å². The molecule has 0 saturated carbocycles. The van der Waals surface area contributed by atoms with Crippen molar-refractivity contribution in [2.45, 2.75) is 32.4 Å². The van der Waals surface area contributed by atoms with E-state index in [1.807, 2.05) is 18.2 Å². The fraction of sp³-hybridized carbons (Fsp3) is 0.429. The van der Waals surface area contributed by atoms with Gasteiger partial charge < -0.3 is 10.1 Å². The van der Waals surface area contributed by atoms with Crippen LogP contribution in [0.15, 0.2) is 30.6 Å². The fourth-order valence-electron chi connectivity index (χ4n) is 2.19. The van der Waals surface area contributed by atoms with E-state index in [1.165, 1.54) is 11.9 Å². The first-order chi connectivity index (χ1) is 9.20. The van der Waals surface area contributed by atoms with Crippen molar-refractivity contribution in [3.05, 3.63) is 42.0 Å². The van der Waals surface area contributed by atoms with Crippen molar-refractivity contribution in [1.82, 2.24) is 20.5 Å². The number of para-hydroxylation sites is 1. The topological polar surface area (TPSA) is 62.8 Å². The first-order valence-electron chi connectivity index (χ1n) is 6.44. The van der Waals surface area contributed by atoms with E-state index in [9.17, 15) is 0 Å². The Morgan fingerprint density at radius 1 is 1.32 bits per heavy atom. The van der Waals surface area contributed by atoms with Crippen LogP contribution >= 0.6 is 0 Å². The molecule has 2 aromatic rings. The Labute approximate surface area is 113 Å². The van der Waals surface area contributed by atoms with Gasteiger partial charge in [0, 0.05) is 6.04 Å². The molecule has 2 atom stereocenters. The molecule has 5 heteroatoms. The monoisotopic (exact) mass is 260 g/mol. The van der Waals surface area contributed by atoms with Crippen molar-refractivity contribution in [3.8, 4) is 5.75 Å². The van der Waals surface area contributed by atoms with Crippen LogP contribution in [0.5, 0.6) is 5.75 Å². The van der Waals surface area contributed by atoms with Gasteiger partial charge in [0.1, 0.15) is 17.9 Å². The Bertz CT molecular complexity index is 498. The molecule has 5 nitrogen and oxygen atoms in total. The predicted octanol–water partition coefficient (Wildman–Crippen LogP) is 2.10. The van der Waals surface area contributed by atoms with Gasteiger partial charge >= 0.3 is 0 Å². The second kappa shape index (κ2) is 6.33. The Morgan fingerprint density at radius 3 is 2.79 bits per heavy atom. The van der Waals surface area contributed by atoms with Crippen LogP contribution < -0.4 is 10.1 Å². The van der Waals surface area contributed by atoms with E-state index in [1.54, 1.807) is 7.11 Å². The van der Waals surface area contributed by atoms with Crippen LogP contribution in [0.2, 0.25) is 0 Å². The van der Waals surface area contributed by atoms with Gasteiger partial charge in [0.2, 0.25) is 0 Å². The zero-order valence-electron chi connectivity index (χ0n) is 11.6. The van der Waals surface area contributed by atoms with Crippen LogP contribution in [-0.2, 0) is 6.42 Å². The quantitative estimate of drug-likeness (QED) is 0.835. The van der Waals surface area contributed by atoms with E-state index in [4.69, 9.17) is 4.74 Å². The molecule has 1 aromatic heterocycles. The largest absolute Gasteiger partial charge is 0.496 e. The highest BCUT2D eigenvalue weighted by Crippen LogP contribution is 2.19. The number of H-pyrrole nitrogens is 1. The highest BCUT2D eigenvalue weighted by Gasteiger charge is 2.13. The number of aromatic amines is 1. The minimum Gasteiger partial charge on any atom is -0.496 e. The van der Waals surface area contributed by atoms with Crippen molar-refractivity contribution in [1.29, 1.82) is 0 Å². The van der Waals surface area contributed by atoms with Gasteiger partial charge in [0.25, 0.3) is 0 Å². The first kappa shape index (κ1) is 13.5. The molecule has 0 aliphatic heterocycles. The van der Waals surface area contributed by atoms with E-state index in [-0.39, 0.29) is 6.04 Å². The lowest BCUT2D eigenvalue weighted by Gasteiger charge is -2.19. The molecule has 0 fully saturated rings. The van der Waals surface area contributed by atoms with Crippen LogP contribution in [0.1, 0.15) is 31.3 Å². The molecule has 1 aromatic carbocycles. The molecule has 2 rings (SSSR count). The Balaban J connectivity index is 1.95. The maximum absolute atomic E-state index is 5.37. The van der Waals surface area contributed by atoms with Gasteiger partial charge in [0.15, 0.2) is 0 Å². The summed E-state index contributed by atoms with van der Waals surface area (Å²) in [5, 5.41) is 10.2. The fourth-order valence-corrected chi connectivity index (χ4v) is 2.19. The smallest absolute Gasteiger partial charge is 0.141 e. The Morgan fingerprint density at radius 2 is 2.11 bits per heavy atom. The van der Waals surface area contributed by atoms with Crippen LogP contribution in [0.4, 0.5) is 0 Å².